The van der Waals surface area contributed by atoms with Gasteiger partial charge in [-0.2, -0.15) is 0 Å². The van der Waals surface area contributed by atoms with E-state index in [0.717, 1.165) is 16.8 Å². The van der Waals surface area contributed by atoms with E-state index in [-0.39, 0.29) is 26.3 Å². The van der Waals surface area contributed by atoms with E-state index in [1.54, 1.807) is 24.3 Å². The maximum absolute atomic E-state index is 13.4. The Balaban J connectivity index is 1.74. The van der Waals surface area contributed by atoms with Crippen LogP contribution in [0.2, 0.25) is 15.1 Å². The lowest BCUT2D eigenvalue weighted by molar-refractivity contribution is -0.132. The quantitative estimate of drug-likeness (QED) is 0.174. The molecule has 5 nitrogen and oxygen atoms in total. The number of aromatic nitrogens is 1. The Labute approximate surface area is 211 Å². The van der Waals surface area contributed by atoms with Gasteiger partial charge in [0.1, 0.15) is 11.6 Å². The second-order valence-electron chi connectivity index (χ2n) is 7.46. The lowest BCUT2D eigenvalue weighted by Crippen LogP contribution is -2.29. The van der Waals surface area contributed by atoms with Crippen LogP contribution in [0.15, 0.2) is 66.2 Å². The Bertz CT molecular complexity index is 1520. The van der Waals surface area contributed by atoms with Crippen LogP contribution in [0.5, 0.6) is 0 Å². The minimum Gasteiger partial charge on any atom is -0.507 e. The first-order valence-corrected chi connectivity index (χ1v) is 11.8. The van der Waals surface area contributed by atoms with E-state index in [0.29, 0.717) is 16.1 Å². The van der Waals surface area contributed by atoms with E-state index >= 15 is 0 Å². The van der Waals surface area contributed by atoms with Gasteiger partial charge in [0.05, 0.1) is 31.9 Å². The summed E-state index contributed by atoms with van der Waals surface area (Å²) in [5, 5.41) is 12.3. The van der Waals surface area contributed by atoms with Crippen LogP contribution in [0.3, 0.4) is 0 Å². The number of carbonyl (C=O) groups is 2. The summed E-state index contributed by atoms with van der Waals surface area (Å²) in [5.74, 6) is -2.73. The van der Waals surface area contributed by atoms with E-state index in [9.17, 15) is 19.1 Å². The summed E-state index contributed by atoms with van der Waals surface area (Å²) in [6.07, 6.45) is 0. The van der Waals surface area contributed by atoms with Crippen molar-refractivity contribution in [2.75, 3.05) is 4.90 Å². The number of hydrogen-bond acceptors (Lipinski definition) is 5. The van der Waals surface area contributed by atoms with Gasteiger partial charge in [-0.3, -0.25) is 14.5 Å². The van der Waals surface area contributed by atoms with Crippen molar-refractivity contribution >= 4 is 78.9 Å². The van der Waals surface area contributed by atoms with Crippen molar-refractivity contribution in [3.8, 4) is 0 Å². The molecule has 0 saturated carbocycles. The minimum atomic E-state index is -1.05. The molecule has 2 heterocycles. The van der Waals surface area contributed by atoms with Gasteiger partial charge in [-0.15, -0.1) is 0 Å². The molecule has 4 aromatic rings. The number of benzene rings is 3. The average molecular weight is 534 g/mol. The molecular formula is C24H12Cl3FN2O3S. The van der Waals surface area contributed by atoms with E-state index in [1.165, 1.54) is 40.5 Å². The maximum Gasteiger partial charge on any atom is 0.301 e. The summed E-state index contributed by atoms with van der Waals surface area (Å²) in [6, 6.07) is 13.7. The second kappa shape index (κ2) is 8.67. The Hall–Kier alpha value is -2.97. The minimum absolute atomic E-state index is 0.174. The fourth-order valence-corrected chi connectivity index (χ4v) is 5.36. The summed E-state index contributed by atoms with van der Waals surface area (Å²) in [6.45, 7) is 0. The van der Waals surface area contributed by atoms with Crippen LogP contribution in [0, 0.1) is 5.82 Å². The smallest absolute Gasteiger partial charge is 0.301 e. The van der Waals surface area contributed by atoms with Crippen LogP contribution in [0.1, 0.15) is 17.2 Å². The second-order valence-corrected chi connectivity index (χ2v) is 9.72. The number of anilines is 1. The Morgan fingerprint density at radius 1 is 0.971 bits per heavy atom. The third-order valence-electron chi connectivity index (χ3n) is 5.37. The SMILES string of the molecule is O=C1C(=O)N(c2nc3ccc(Cl)cc3s2)C(c2ccc(Cl)c(Cl)c2)C1=C(O)c1ccc(F)cc1. The number of hydrogen-bond donors (Lipinski definition) is 1. The molecule has 1 aliphatic heterocycles. The van der Waals surface area contributed by atoms with Gasteiger partial charge in [0.15, 0.2) is 5.13 Å². The highest BCUT2D eigenvalue weighted by atomic mass is 35.5. The number of aliphatic hydroxyl groups excluding tert-OH is 1. The van der Waals surface area contributed by atoms with Gasteiger partial charge in [0, 0.05) is 10.6 Å². The van der Waals surface area contributed by atoms with Crippen LogP contribution >= 0.6 is 46.1 Å². The molecule has 0 bridgehead atoms. The monoisotopic (exact) mass is 532 g/mol. The third kappa shape index (κ3) is 3.84. The fraction of sp³-hybridized carbons (Fsp3) is 0.0417. The average Bonchev–Trinajstić information content (AvgIpc) is 3.33. The van der Waals surface area contributed by atoms with E-state index < -0.39 is 29.3 Å². The number of fused-ring (bicyclic) bond motifs is 1. The van der Waals surface area contributed by atoms with Gasteiger partial charge in [-0.1, -0.05) is 52.2 Å². The molecule has 1 saturated heterocycles. The summed E-state index contributed by atoms with van der Waals surface area (Å²) < 4.78 is 14.2. The highest BCUT2D eigenvalue weighted by Gasteiger charge is 2.48. The van der Waals surface area contributed by atoms with Crippen molar-refractivity contribution in [1.82, 2.24) is 4.98 Å². The van der Waals surface area contributed by atoms with Crippen molar-refractivity contribution in [3.63, 3.8) is 0 Å². The molecule has 34 heavy (non-hydrogen) atoms. The van der Waals surface area contributed by atoms with Gasteiger partial charge in [0.25, 0.3) is 5.78 Å². The van der Waals surface area contributed by atoms with Gasteiger partial charge in [0.2, 0.25) is 0 Å². The molecule has 1 amide bonds. The number of halogens is 4. The van der Waals surface area contributed by atoms with E-state index in [1.807, 2.05) is 0 Å². The van der Waals surface area contributed by atoms with E-state index in [4.69, 9.17) is 34.8 Å². The predicted octanol–water partition coefficient (Wildman–Crippen LogP) is 7.02. The number of nitrogens with zero attached hydrogens (tertiary/aromatic N) is 2. The third-order valence-corrected chi connectivity index (χ3v) is 7.36. The Kier molecular flexibility index (Phi) is 5.81. The lowest BCUT2D eigenvalue weighted by atomic mass is 9.95. The molecule has 1 aliphatic rings. The van der Waals surface area contributed by atoms with Crippen LogP contribution in [0.4, 0.5) is 9.52 Å². The van der Waals surface area contributed by atoms with Gasteiger partial charge < -0.3 is 5.11 Å². The standard InChI is InChI=1S/C24H12Cl3FN2O3S/c25-13-4-8-17-18(10-13)34-24(29-17)30-20(12-3-7-15(26)16(27)9-12)19(22(32)23(30)33)21(31)11-1-5-14(28)6-2-11/h1-10,20,31H. The number of Topliss-reactive ketones (excluding diaryl/α,β-unsaturated/α-hetero) is 1. The molecule has 0 aliphatic carbocycles. The maximum atomic E-state index is 13.4. The summed E-state index contributed by atoms with van der Waals surface area (Å²) in [7, 11) is 0. The van der Waals surface area contributed by atoms with Crippen molar-refractivity contribution < 1.29 is 19.1 Å². The molecule has 1 atom stereocenters. The molecular weight excluding hydrogens is 522 g/mol. The van der Waals surface area contributed by atoms with Crippen molar-refractivity contribution in [2.45, 2.75) is 6.04 Å². The predicted molar refractivity (Wildman–Crippen MR) is 132 cm³/mol. The van der Waals surface area contributed by atoms with Crippen molar-refractivity contribution in [3.05, 3.63) is 98.2 Å². The molecule has 1 unspecified atom stereocenters. The van der Waals surface area contributed by atoms with Crippen LogP contribution < -0.4 is 4.90 Å². The van der Waals surface area contributed by atoms with Crippen LogP contribution in [0.25, 0.3) is 16.0 Å². The zero-order chi connectivity index (χ0) is 24.1. The molecule has 0 spiro atoms. The first kappa shape index (κ1) is 22.8. The first-order chi connectivity index (χ1) is 16.2. The van der Waals surface area contributed by atoms with Crippen LogP contribution in [-0.2, 0) is 9.59 Å². The largest absolute Gasteiger partial charge is 0.507 e. The first-order valence-electron chi connectivity index (χ1n) is 9.82. The van der Waals surface area contributed by atoms with Gasteiger partial charge in [-0.25, -0.2) is 9.37 Å². The molecule has 0 radical (unpaired) electrons. The fourth-order valence-electron chi connectivity index (χ4n) is 3.78. The molecule has 1 N–H and O–H groups in total. The number of amides is 1. The Morgan fingerprint density at radius 3 is 2.41 bits per heavy atom. The van der Waals surface area contributed by atoms with Gasteiger partial charge >= 0.3 is 5.91 Å². The number of rotatable bonds is 3. The number of aliphatic hydroxyl groups is 1. The van der Waals surface area contributed by atoms with Crippen molar-refractivity contribution in [2.24, 2.45) is 0 Å². The molecule has 1 aromatic heterocycles. The van der Waals surface area contributed by atoms with E-state index in [2.05, 4.69) is 4.98 Å². The highest BCUT2D eigenvalue weighted by molar-refractivity contribution is 7.22. The molecule has 5 rings (SSSR count). The number of ketones is 1. The summed E-state index contributed by atoms with van der Waals surface area (Å²) >= 11 is 19.6. The number of carbonyl (C=O) groups excluding carboxylic acids is 2. The topological polar surface area (TPSA) is 70.5 Å². The highest BCUT2D eigenvalue weighted by Crippen LogP contribution is 2.45. The zero-order valence-electron chi connectivity index (χ0n) is 16.9. The molecule has 170 valence electrons. The van der Waals surface area contributed by atoms with Crippen molar-refractivity contribution in [1.29, 1.82) is 0 Å². The zero-order valence-corrected chi connectivity index (χ0v) is 20.0. The normalized spacial score (nSPS) is 17.6. The summed E-state index contributed by atoms with van der Waals surface area (Å²) in [4.78, 5) is 32.2. The molecule has 3 aromatic carbocycles. The molecule has 10 heteroatoms. The number of thiazole rings is 1. The Morgan fingerprint density at radius 2 is 1.71 bits per heavy atom. The van der Waals surface area contributed by atoms with Crippen LogP contribution in [-0.4, -0.2) is 21.8 Å². The lowest BCUT2D eigenvalue weighted by Gasteiger charge is -2.23. The molecule has 1 fully saturated rings. The summed E-state index contributed by atoms with van der Waals surface area (Å²) in [5.41, 5.74) is 1.04. The van der Waals surface area contributed by atoms with Gasteiger partial charge in [-0.05, 0) is 60.2 Å².